The summed E-state index contributed by atoms with van der Waals surface area (Å²) in [5, 5.41) is 4.64. The minimum atomic E-state index is 0.575. The molecule has 0 aliphatic carbocycles. The fourth-order valence-corrected chi connectivity index (χ4v) is 2.44. The van der Waals surface area contributed by atoms with Crippen molar-refractivity contribution < 1.29 is 0 Å². The highest BCUT2D eigenvalue weighted by molar-refractivity contribution is 5.39. The number of hydrogen-bond donors (Lipinski definition) is 0. The molecule has 0 aliphatic heterocycles. The summed E-state index contributed by atoms with van der Waals surface area (Å²) in [5.41, 5.74) is 6.29. The first-order chi connectivity index (χ1) is 8.54. The molecule has 1 aromatic heterocycles. The third-order valence-electron chi connectivity index (χ3n) is 3.60. The van der Waals surface area contributed by atoms with Crippen molar-refractivity contribution in [3.63, 3.8) is 0 Å². The Morgan fingerprint density at radius 3 is 2.17 bits per heavy atom. The molecule has 0 N–H and O–H groups in total. The summed E-state index contributed by atoms with van der Waals surface area (Å²) in [6.45, 7) is 10.9. The van der Waals surface area contributed by atoms with Crippen molar-refractivity contribution in [2.75, 3.05) is 0 Å². The summed E-state index contributed by atoms with van der Waals surface area (Å²) < 4.78 is 2.05. The second-order valence-corrected chi connectivity index (χ2v) is 5.16. The molecule has 0 atom stereocenters. The Morgan fingerprint density at radius 2 is 1.72 bits per heavy atom. The molecule has 0 spiro atoms. The molecule has 0 fully saturated rings. The molecule has 0 amide bonds. The molecule has 1 heterocycles. The van der Waals surface area contributed by atoms with Gasteiger partial charge < -0.3 is 0 Å². The smallest absolute Gasteiger partial charge is 0.0649 e. The fourth-order valence-electron chi connectivity index (χ4n) is 2.44. The van der Waals surface area contributed by atoms with E-state index in [1.807, 2.05) is 0 Å². The Balaban J connectivity index is 2.43. The molecule has 0 bridgehead atoms. The van der Waals surface area contributed by atoms with E-state index in [0.29, 0.717) is 5.92 Å². The van der Waals surface area contributed by atoms with E-state index in [2.05, 4.69) is 68.7 Å². The maximum absolute atomic E-state index is 4.64. The van der Waals surface area contributed by atoms with Crippen LogP contribution in [-0.2, 0) is 6.42 Å². The van der Waals surface area contributed by atoms with E-state index < -0.39 is 0 Å². The average Bonchev–Trinajstić information content (AvgIpc) is 2.64. The lowest BCUT2D eigenvalue weighted by Crippen LogP contribution is -2.00. The van der Waals surface area contributed by atoms with Crippen LogP contribution in [0, 0.1) is 13.8 Å². The van der Waals surface area contributed by atoms with Crippen LogP contribution in [0.1, 0.15) is 49.2 Å². The lowest BCUT2D eigenvalue weighted by molar-refractivity contribution is 0.825. The van der Waals surface area contributed by atoms with Crippen LogP contribution >= 0.6 is 0 Å². The molecule has 0 saturated carbocycles. The molecule has 0 saturated heterocycles. The van der Waals surface area contributed by atoms with E-state index >= 15 is 0 Å². The van der Waals surface area contributed by atoms with Crippen molar-refractivity contribution in [1.29, 1.82) is 0 Å². The first-order valence-corrected chi connectivity index (χ1v) is 6.70. The predicted molar refractivity (Wildman–Crippen MR) is 76.5 cm³/mol. The Morgan fingerprint density at radius 1 is 1.11 bits per heavy atom. The highest BCUT2D eigenvalue weighted by Crippen LogP contribution is 2.20. The molecular weight excluding hydrogens is 220 g/mol. The molecule has 2 aromatic rings. The largest absolute Gasteiger partial charge is 0.238 e. The van der Waals surface area contributed by atoms with Gasteiger partial charge in [0, 0.05) is 5.69 Å². The second kappa shape index (κ2) is 4.97. The van der Waals surface area contributed by atoms with Crippen LogP contribution in [0.15, 0.2) is 24.3 Å². The summed E-state index contributed by atoms with van der Waals surface area (Å²) in [7, 11) is 0. The fraction of sp³-hybridized carbons (Fsp3) is 0.438. The lowest BCUT2D eigenvalue weighted by atomic mass is 10.0. The van der Waals surface area contributed by atoms with Crippen molar-refractivity contribution in [2.24, 2.45) is 0 Å². The predicted octanol–water partition coefficient (Wildman–Crippen LogP) is 4.17. The molecule has 18 heavy (non-hydrogen) atoms. The topological polar surface area (TPSA) is 17.8 Å². The first-order valence-electron chi connectivity index (χ1n) is 6.70. The number of hydrogen-bond acceptors (Lipinski definition) is 1. The van der Waals surface area contributed by atoms with Gasteiger partial charge in [-0.3, -0.25) is 0 Å². The summed E-state index contributed by atoms with van der Waals surface area (Å²) in [6, 6.07) is 8.71. The number of rotatable bonds is 3. The van der Waals surface area contributed by atoms with E-state index in [1.165, 1.54) is 16.8 Å². The van der Waals surface area contributed by atoms with Crippen LogP contribution in [0.2, 0.25) is 0 Å². The van der Waals surface area contributed by atoms with E-state index in [-0.39, 0.29) is 0 Å². The summed E-state index contributed by atoms with van der Waals surface area (Å²) in [6.07, 6.45) is 1.04. The van der Waals surface area contributed by atoms with Gasteiger partial charge in [-0.1, -0.05) is 32.9 Å². The first kappa shape index (κ1) is 12.9. The van der Waals surface area contributed by atoms with Gasteiger partial charge in [-0.2, -0.15) is 5.10 Å². The van der Waals surface area contributed by atoms with Gasteiger partial charge in [0.2, 0.25) is 0 Å². The molecule has 0 radical (unpaired) electrons. The Hall–Kier alpha value is -1.57. The Labute approximate surface area is 110 Å². The zero-order valence-electron chi connectivity index (χ0n) is 12.0. The van der Waals surface area contributed by atoms with Gasteiger partial charge in [-0.25, -0.2) is 4.68 Å². The van der Waals surface area contributed by atoms with E-state index in [1.54, 1.807) is 0 Å². The van der Waals surface area contributed by atoms with Crippen molar-refractivity contribution in [3.8, 4) is 5.69 Å². The van der Waals surface area contributed by atoms with Crippen LogP contribution in [0.4, 0.5) is 0 Å². The van der Waals surface area contributed by atoms with Crippen LogP contribution < -0.4 is 0 Å². The van der Waals surface area contributed by atoms with Gasteiger partial charge in [0.25, 0.3) is 0 Å². The maximum atomic E-state index is 4.64. The van der Waals surface area contributed by atoms with Gasteiger partial charge in [-0.15, -0.1) is 0 Å². The lowest BCUT2D eigenvalue weighted by Gasteiger charge is -2.08. The molecular formula is C16H22N2. The highest BCUT2D eigenvalue weighted by atomic mass is 15.3. The normalized spacial score (nSPS) is 11.2. The quantitative estimate of drug-likeness (QED) is 0.789. The van der Waals surface area contributed by atoms with Crippen LogP contribution in [0.3, 0.4) is 0 Å². The Kier molecular flexibility index (Phi) is 3.55. The molecule has 0 aliphatic rings. The third-order valence-corrected chi connectivity index (χ3v) is 3.60. The maximum Gasteiger partial charge on any atom is 0.0649 e. The molecule has 2 heteroatoms. The minimum absolute atomic E-state index is 0.575. The van der Waals surface area contributed by atoms with Crippen molar-refractivity contribution in [2.45, 2.75) is 47.0 Å². The van der Waals surface area contributed by atoms with Crippen LogP contribution in [0.25, 0.3) is 5.69 Å². The van der Waals surface area contributed by atoms with Crippen molar-refractivity contribution in [3.05, 3.63) is 46.8 Å². The zero-order chi connectivity index (χ0) is 13.3. The standard InChI is InChI=1S/C16H22N2/c1-6-16-12(4)17-18(13(16)5)15-9-7-14(8-10-15)11(2)3/h7-11H,6H2,1-5H3. The van der Waals surface area contributed by atoms with Crippen molar-refractivity contribution >= 4 is 0 Å². The number of benzene rings is 1. The van der Waals surface area contributed by atoms with Gasteiger partial charge in [0.05, 0.1) is 11.4 Å². The average molecular weight is 242 g/mol. The Bertz CT molecular complexity index is 533. The molecule has 96 valence electrons. The van der Waals surface area contributed by atoms with E-state index in [9.17, 15) is 0 Å². The second-order valence-electron chi connectivity index (χ2n) is 5.16. The molecule has 2 nitrogen and oxygen atoms in total. The van der Waals surface area contributed by atoms with Gasteiger partial charge in [0.15, 0.2) is 0 Å². The van der Waals surface area contributed by atoms with E-state index in [0.717, 1.165) is 17.8 Å². The van der Waals surface area contributed by atoms with Gasteiger partial charge >= 0.3 is 0 Å². The van der Waals surface area contributed by atoms with Crippen LogP contribution in [-0.4, -0.2) is 9.78 Å². The van der Waals surface area contributed by atoms with Gasteiger partial charge in [0.1, 0.15) is 0 Å². The minimum Gasteiger partial charge on any atom is -0.238 e. The van der Waals surface area contributed by atoms with Crippen molar-refractivity contribution in [1.82, 2.24) is 9.78 Å². The molecule has 0 unspecified atom stereocenters. The summed E-state index contributed by atoms with van der Waals surface area (Å²) in [5.74, 6) is 0.575. The number of nitrogens with zero attached hydrogens (tertiary/aromatic N) is 2. The summed E-state index contributed by atoms with van der Waals surface area (Å²) in [4.78, 5) is 0. The highest BCUT2D eigenvalue weighted by Gasteiger charge is 2.11. The number of aromatic nitrogens is 2. The SMILES string of the molecule is CCc1c(C)nn(-c2ccc(C(C)C)cc2)c1C. The molecule has 1 aromatic carbocycles. The molecule has 2 rings (SSSR count). The number of aryl methyl sites for hydroxylation is 1. The van der Waals surface area contributed by atoms with E-state index in [4.69, 9.17) is 0 Å². The monoisotopic (exact) mass is 242 g/mol. The third kappa shape index (κ3) is 2.20. The van der Waals surface area contributed by atoms with Crippen LogP contribution in [0.5, 0.6) is 0 Å². The summed E-state index contributed by atoms with van der Waals surface area (Å²) >= 11 is 0. The zero-order valence-corrected chi connectivity index (χ0v) is 12.0. The van der Waals surface area contributed by atoms with Gasteiger partial charge in [-0.05, 0) is 49.4 Å².